The van der Waals surface area contributed by atoms with Gasteiger partial charge in [0.25, 0.3) is 0 Å². The Kier molecular flexibility index (Phi) is 3.12. The molecule has 1 unspecified atom stereocenters. The molecule has 5 heteroatoms. The highest BCUT2D eigenvalue weighted by atomic mass is 16.2. The molecule has 1 heterocycles. The number of nitrogens with two attached hydrogens (primary N) is 1. The number of nitrogens with zero attached hydrogens (tertiary/aromatic N) is 2. The first-order valence-corrected chi connectivity index (χ1v) is 5.71. The van der Waals surface area contributed by atoms with Gasteiger partial charge >= 0.3 is 0 Å². The molecule has 2 rings (SSSR count). The van der Waals surface area contributed by atoms with E-state index in [0.29, 0.717) is 11.7 Å². The molecule has 1 amide bonds. The van der Waals surface area contributed by atoms with Crippen molar-refractivity contribution < 1.29 is 4.79 Å². The van der Waals surface area contributed by atoms with Crippen molar-refractivity contribution in [2.24, 2.45) is 11.8 Å². The van der Waals surface area contributed by atoms with Crippen LogP contribution in [0.4, 0.5) is 5.82 Å². The van der Waals surface area contributed by atoms with E-state index >= 15 is 0 Å². The summed E-state index contributed by atoms with van der Waals surface area (Å²) in [7, 11) is 0. The molecular formula is C11H18N4O. The Morgan fingerprint density at radius 3 is 3.06 bits per heavy atom. The van der Waals surface area contributed by atoms with Crippen LogP contribution in [0.25, 0.3) is 0 Å². The van der Waals surface area contributed by atoms with Crippen molar-refractivity contribution in [2.45, 2.75) is 26.3 Å². The molecule has 0 aromatic carbocycles. The average Bonchev–Trinajstić information content (AvgIpc) is 3.01. The zero-order valence-electron chi connectivity index (χ0n) is 9.52. The molecule has 1 fully saturated rings. The summed E-state index contributed by atoms with van der Waals surface area (Å²) in [5.41, 5.74) is 5.46. The minimum atomic E-state index is -0.00407. The molecule has 1 aromatic rings. The van der Waals surface area contributed by atoms with Gasteiger partial charge in [0, 0.05) is 12.7 Å². The maximum Gasteiger partial charge on any atom is 0.241 e. The molecule has 1 aromatic heterocycles. The van der Waals surface area contributed by atoms with E-state index in [4.69, 9.17) is 5.73 Å². The highest BCUT2D eigenvalue weighted by Gasteiger charge is 2.27. The highest BCUT2D eigenvalue weighted by molar-refractivity contribution is 5.75. The Hall–Kier alpha value is -1.52. The van der Waals surface area contributed by atoms with Gasteiger partial charge in [-0.25, -0.2) is 0 Å². The number of aromatic nitrogens is 2. The largest absolute Gasteiger partial charge is 0.382 e. The number of carbonyl (C=O) groups is 1. The molecule has 88 valence electrons. The second-order valence-corrected chi connectivity index (χ2v) is 4.56. The van der Waals surface area contributed by atoms with E-state index in [2.05, 4.69) is 17.3 Å². The lowest BCUT2D eigenvalue weighted by molar-refractivity contribution is -0.122. The van der Waals surface area contributed by atoms with Crippen molar-refractivity contribution in [3.8, 4) is 0 Å². The van der Waals surface area contributed by atoms with E-state index in [1.54, 1.807) is 16.9 Å². The van der Waals surface area contributed by atoms with Crippen LogP contribution in [0.5, 0.6) is 0 Å². The smallest absolute Gasteiger partial charge is 0.241 e. The third-order valence-corrected chi connectivity index (χ3v) is 3.01. The van der Waals surface area contributed by atoms with Crippen molar-refractivity contribution >= 4 is 11.7 Å². The van der Waals surface area contributed by atoms with Crippen LogP contribution in [0.1, 0.15) is 19.8 Å². The summed E-state index contributed by atoms with van der Waals surface area (Å²) < 4.78 is 1.55. The molecule has 0 saturated heterocycles. The zero-order chi connectivity index (χ0) is 11.5. The summed E-state index contributed by atoms with van der Waals surface area (Å²) in [5, 5.41) is 6.88. The topological polar surface area (TPSA) is 72.9 Å². The highest BCUT2D eigenvalue weighted by Crippen LogP contribution is 2.35. The third-order valence-electron chi connectivity index (χ3n) is 3.01. The number of amides is 1. The van der Waals surface area contributed by atoms with E-state index in [9.17, 15) is 4.79 Å². The molecule has 16 heavy (non-hydrogen) atoms. The first-order chi connectivity index (χ1) is 7.65. The predicted molar refractivity (Wildman–Crippen MR) is 61.5 cm³/mol. The Morgan fingerprint density at radius 2 is 2.50 bits per heavy atom. The molecule has 0 spiro atoms. The fraction of sp³-hybridized carbons (Fsp3) is 0.636. The third kappa shape index (κ3) is 2.98. The first kappa shape index (κ1) is 11.0. The van der Waals surface area contributed by atoms with E-state index in [1.807, 2.05) is 0 Å². The minimum absolute atomic E-state index is 0.00407. The quantitative estimate of drug-likeness (QED) is 0.767. The van der Waals surface area contributed by atoms with Gasteiger partial charge in [0.1, 0.15) is 12.4 Å². The van der Waals surface area contributed by atoms with Crippen molar-refractivity contribution in [2.75, 3.05) is 12.3 Å². The number of nitrogens with one attached hydrogen (secondary N) is 1. The van der Waals surface area contributed by atoms with E-state index in [-0.39, 0.29) is 12.5 Å². The van der Waals surface area contributed by atoms with E-state index in [0.717, 1.165) is 12.5 Å². The van der Waals surface area contributed by atoms with Gasteiger partial charge in [-0.1, -0.05) is 6.92 Å². The maximum absolute atomic E-state index is 11.6. The van der Waals surface area contributed by atoms with Crippen LogP contribution in [-0.2, 0) is 11.3 Å². The van der Waals surface area contributed by atoms with Crippen molar-refractivity contribution in [3.63, 3.8) is 0 Å². The lowest BCUT2D eigenvalue weighted by Gasteiger charge is -2.11. The van der Waals surface area contributed by atoms with Gasteiger partial charge in [-0.15, -0.1) is 0 Å². The first-order valence-electron chi connectivity index (χ1n) is 5.71. The van der Waals surface area contributed by atoms with Gasteiger partial charge < -0.3 is 11.1 Å². The van der Waals surface area contributed by atoms with Crippen molar-refractivity contribution in [1.29, 1.82) is 0 Å². The number of rotatable bonds is 5. The molecule has 1 atom stereocenters. The van der Waals surface area contributed by atoms with Gasteiger partial charge in [0.05, 0.1) is 0 Å². The maximum atomic E-state index is 11.6. The van der Waals surface area contributed by atoms with Gasteiger partial charge in [-0.2, -0.15) is 5.10 Å². The molecule has 1 aliphatic rings. The van der Waals surface area contributed by atoms with Crippen LogP contribution in [-0.4, -0.2) is 22.2 Å². The molecule has 0 aliphatic heterocycles. The summed E-state index contributed by atoms with van der Waals surface area (Å²) in [6, 6.07) is 1.68. The lowest BCUT2D eigenvalue weighted by atomic mass is 10.1. The SMILES string of the molecule is CC(CNC(=O)Cn1ccc(N)n1)C1CC1. The fourth-order valence-electron chi connectivity index (χ4n) is 1.78. The summed E-state index contributed by atoms with van der Waals surface area (Å²) in [5.74, 6) is 1.85. The molecule has 5 nitrogen and oxygen atoms in total. The standard InChI is InChI=1S/C11H18N4O/c1-8(9-2-3-9)6-13-11(16)7-15-5-4-10(12)14-15/h4-5,8-9H,2-3,6-7H2,1H3,(H2,12,14)(H,13,16). The molecule has 0 bridgehead atoms. The molecule has 1 aliphatic carbocycles. The van der Waals surface area contributed by atoms with Gasteiger partial charge in [0.2, 0.25) is 5.91 Å². The predicted octanol–water partition coefficient (Wildman–Crippen LogP) is 0.628. The second-order valence-electron chi connectivity index (χ2n) is 4.56. The monoisotopic (exact) mass is 222 g/mol. The summed E-state index contributed by atoms with van der Waals surface area (Å²) in [6.07, 6.45) is 4.33. The van der Waals surface area contributed by atoms with E-state index < -0.39 is 0 Å². The lowest BCUT2D eigenvalue weighted by Crippen LogP contribution is -2.32. The normalized spacial score (nSPS) is 17.1. The molecule has 3 N–H and O–H groups in total. The number of carbonyl (C=O) groups excluding carboxylic acids is 1. The van der Waals surface area contributed by atoms with Crippen LogP contribution >= 0.6 is 0 Å². The molecule has 1 saturated carbocycles. The van der Waals surface area contributed by atoms with Crippen LogP contribution in [0.3, 0.4) is 0 Å². The number of hydrogen-bond donors (Lipinski definition) is 2. The molecular weight excluding hydrogens is 204 g/mol. The summed E-state index contributed by atoms with van der Waals surface area (Å²) >= 11 is 0. The van der Waals surface area contributed by atoms with Crippen molar-refractivity contribution in [3.05, 3.63) is 12.3 Å². The Morgan fingerprint density at radius 1 is 1.75 bits per heavy atom. The Balaban J connectivity index is 1.71. The molecule has 0 radical (unpaired) electrons. The zero-order valence-corrected chi connectivity index (χ0v) is 9.52. The Labute approximate surface area is 95.0 Å². The van der Waals surface area contributed by atoms with Gasteiger partial charge in [-0.3, -0.25) is 9.48 Å². The van der Waals surface area contributed by atoms with Gasteiger partial charge in [-0.05, 0) is 30.7 Å². The minimum Gasteiger partial charge on any atom is -0.382 e. The van der Waals surface area contributed by atoms with E-state index in [1.165, 1.54) is 12.8 Å². The number of nitrogen functional groups attached to an aromatic ring is 1. The van der Waals surface area contributed by atoms with Crippen LogP contribution in [0, 0.1) is 11.8 Å². The number of hydrogen-bond acceptors (Lipinski definition) is 3. The van der Waals surface area contributed by atoms with Crippen LogP contribution < -0.4 is 11.1 Å². The van der Waals surface area contributed by atoms with Crippen LogP contribution in [0.15, 0.2) is 12.3 Å². The number of anilines is 1. The Bertz CT molecular complexity index is 370. The summed E-state index contributed by atoms with van der Waals surface area (Å²) in [4.78, 5) is 11.6. The average molecular weight is 222 g/mol. The fourth-order valence-corrected chi connectivity index (χ4v) is 1.78. The van der Waals surface area contributed by atoms with Crippen molar-refractivity contribution in [1.82, 2.24) is 15.1 Å². The second kappa shape index (κ2) is 4.55. The van der Waals surface area contributed by atoms with Gasteiger partial charge in [0.15, 0.2) is 0 Å². The van der Waals surface area contributed by atoms with Crippen LogP contribution in [0.2, 0.25) is 0 Å². The summed E-state index contributed by atoms with van der Waals surface area (Å²) in [6.45, 7) is 3.19.